The first kappa shape index (κ1) is 26.7. The van der Waals surface area contributed by atoms with Crippen LogP contribution in [0.1, 0.15) is 38.8 Å². The maximum absolute atomic E-state index is 14.1. The highest BCUT2D eigenvalue weighted by Crippen LogP contribution is 2.32. The summed E-state index contributed by atoms with van der Waals surface area (Å²) in [6.45, 7) is 5.80. The van der Waals surface area contributed by atoms with E-state index in [1.54, 1.807) is 61.4 Å². The minimum atomic E-state index is -0.980. The van der Waals surface area contributed by atoms with Gasteiger partial charge in [-0.05, 0) is 74.4 Å². The summed E-state index contributed by atoms with van der Waals surface area (Å²) in [5.41, 5.74) is 2.08. The number of rotatable bonds is 10. The molecule has 1 aromatic heterocycles. The molecule has 3 aromatic carbocycles. The van der Waals surface area contributed by atoms with Crippen molar-refractivity contribution in [3.8, 4) is 11.5 Å². The van der Waals surface area contributed by atoms with E-state index < -0.39 is 11.6 Å². The largest absolute Gasteiger partial charge is 0.497 e. The molecule has 0 bridgehead atoms. The molecule has 0 spiro atoms. The van der Waals surface area contributed by atoms with Crippen molar-refractivity contribution in [2.45, 2.75) is 45.3 Å². The second kappa shape index (κ2) is 11.3. The SMILES string of the molecule is CCC(C)(C)NC(=O)[C@@H](c1cccc(OC)c1)N(C(=O)Cn1nnc2ccccc21)c1ccc(OC)cc1. The zero-order valence-electron chi connectivity index (χ0n) is 22.3. The molecule has 4 aromatic rings. The van der Waals surface area contributed by atoms with Crippen LogP contribution in [0.2, 0.25) is 0 Å². The summed E-state index contributed by atoms with van der Waals surface area (Å²) in [4.78, 5) is 29.6. The molecule has 1 atom stereocenters. The summed E-state index contributed by atoms with van der Waals surface area (Å²) < 4.78 is 12.3. The lowest BCUT2D eigenvalue weighted by atomic mass is 9.98. The third kappa shape index (κ3) is 5.77. The molecule has 0 aliphatic rings. The highest BCUT2D eigenvalue weighted by atomic mass is 16.5. The molecule has 9 nitrogen and oxygen atoms in total. The Labute approximate surface area is 222 Å². The Morgan fingerprint density at radius 1 is 0.974 bits per heavy atom. The monoisotopic (exact) mass is 515 g/mol. The number of carbonyl (C=O) groups is 2. The number of fused-ring (bicyclic) bond motifs is 1. The summed E-state index contributed by atoms with van der Waals surface area (Å²) in [5.74, 6) is 0.582. The number of hydrogen-bond donors (Lipinski definition) is 1. The number of ether oxygens (including phenoxy) is 2. The number of amides is 2. The fourth-order valence-electron chi connectivity index (χ4n) is 4.14. The van der Waals surface area contributed by atoms with Gasteiger partial charge in [0, 0.05) is 11.2 Å². The van der Waals surface area contributed by atoms with Gasteiger partial charge in [-0.2, -0.15) is 0 Å². The van der Waals surface area contributed by atoms with E-state index in [2.05, 4.69) is 15.6 Å². The van der Waals surface area contributed by atoms with Gasteiger partial charge >= 0.3 is 0 Å². The number of carbonyl (C=O) groups excluding carboxylic acids is 2. The van der Waals surface area contributed by atoms with Gasteiger partial charge in [0.1, 0.15) is 29.6 Å². The maximum atomic E-state index is 14.1. The lowest BCUT2D eigenvalue weighted by molar-refractivity contribution is -0.128. The van der Waals surface area contributed by atoms with E-state index in [1.165, 1.54) is 4.90 Å². The zero-order chi connectivity index (χ0) is 27.3. The predicted octanol–water partition coefficient (Wildman–Crippen LogP) is 4.53. The van der Waals surface area contributed by atoms with Crippen molar-refractivity contribution >= 4 is 28.5 Å². The van der Waals surface area contributed by atoms with Crippen molar-refractivity contribution in [1.82, 2.24) is 20.3 Å². The van der Waals surface area contributed by atoms with E-state index in [0.29, 0.717) is 34.7 Å². The average Bonchev–Trinajstić information content (AvgIpc) is 3.34. The molecule has 0 saturated heterocycles. The van der Waals surface area contributed by atoms with Crippen molar-refractivity contribution in [2.24, 2.45) is 0 Å². The van der Waals surface area contributed by atoms with Gasteiger partial charge in [0.2, 0.25) is 11.8 Å². The van der Waals surface area contributed by atoms with E-state index in [-0.39, 0.29) is 18.4 Å². The minimum absolute atomic E-state index is 0.114. The Morgan fingerprint density at radius 2 is 1.68 bits per heavy atom. The first-order valence-electron chi connectivity index (χ1n) is 12.5. The highest BCUT2D eigenvalue weighted by Gasteiger charge is 2.35. The van der Waals surface area contributed by atoms with Crippen LogP contribution in [0, 0.1) is 0 Å². The van der Waals surface area contributed by atoms with Crippen molar-refractivity contribution in [1.29, 1.82) is 0 Å². The molecule has 1 N–H and O–H groups in total. The van der Waals surface area contributed by atoms with Gasteiger partial charge in [-0.15, -0.1) is 5.10 Å². The summed E-state index contributed by atoms with van der Waals surface area (Å²) >= 11 is 0. The van der Waals surface area contributed by atoms with Crippen LogP contribution in [-0.2, 0) is 16.1 Å². The number of para-hydroxylation sites is 1. The van der Waals surface area contributed by atoms with Crippen LogP contribution in [0.5, 0.6) is 11.5 Å². The van der Waals surface area contributed by atoms with Crippen LogP contribution >= 0.6 is 0 Å². The predicted molar refractivity (Wildman–Crippen MR) is 146 cm³/mol. The fraction of sp³-hybridized carbons (Fsp3) is 0.310. The molecule has 0 unspecified atom stereocenters. The van der Waals surface area contributed by atoms with E-state index in [1.807, 2.05) is 51.1 Å². The standard InChI is InChI=1S/C29H33N5O4/c1-6-29(2,3)30-28(36)27(20-10-9-11-23(18-20)38-5)34(21-14-16-22(37-4)17-15-21)26(35)19-33-25-13-8-7-12-24(25)31-32-33/h7-18,27H,6,19H2,1-5H3,(H,30,36)/t27-/m1/s1. The summed E-state index contributed by atoms with van der Waals surface area (Å²) in [6, 6.07) is 20.7. The molecule has 38 heavy (non-hydrogen) atoms. The normalized spacial score (nSPS) is 12.1. The van der Waals surface area contributed by atoms with Gasteiger partial charge in [0.15, 0.2) is 0 Å². The van der Waals surface area contributed by atoms with Crippen LogP contribution in [-0.4, -0.2) is 46.6 Å². The molecule has 198 valence electrons. The minimum Gasteiger partial charge on any atom is -0.497 e. The number of hydrogen-bond acceptors (Lipinski definition) is 6. The molecular weight excluding hydrogens is 482 g/mol. The smallest absolute Gasteiger partial charge is 0.249 e. The Kier molecular flexibility index (Phi) is 7.95. The highest BCUT2D eigenvalue weighted by molar-refractivity contribution is 6.01. The third-order valence-corrected chi connectivity index (χ3v) is 6.59. The van der Waals surface area contributed by atoms with Crippen LogP contribution in [0.25, 0.3) is 11.0 Å². The van der Waals surface area contributed by atoms with Gasteiger partial charge in [-0.3, -0.25) is 14.5 Å². The van der Waals surface area contributed by atoms with Crippen molar-refractivity contribution in [3.05, 3.63) is 78.4 Å². The van der Waals surface area contributed by atoms with E-state index in [9.17, 15) is 9.59 Å². The summed E-state index contributed by atoms with van der Waals surface area (Å²) in [7, 11) is 3.14. The van der Waals surface area contributed by atoms with E-state index in [0.717, 1.165) is 5.52 Å². The molecule has 0 radical (unpaired) electrons. The number of nitrogens with zero attached hydrogens (tertiary/aromatic N) is 4. The van der Waals surface area contributed by atoms with Gasteiger partial charge in [-0.1, -0.05) is 36.4 Å². The molecule has 4 rings (SSSR count). The first-order valence-corrected chi connectivity index (χ1v) is 12.5. The summed E-state index contributed by atoms with van der Waals surface area (Å²) in [5, 5.41) is 11.5. The molecule has 2 amide bonds. The van der Waals surface area contributed by atoms with E-state index in [4.69, 9.17) is 9.47 Å². The molecule has 0 saturated carbocycles. The van der Waals surface area contributed by atoms with Gasteiger partial charge in [-0.25, -0.2) is 4.68 Å². The Morgan fingerprint density at radius 3 is 2.37 bits per heavy atom. The Hall–Kier alpha value is -4.40. The number of methoxy groups -OCH3 is 2. The maximum Gasteiger partial charge on any atom is 0.249 e. The molecular formula is C29H33N5O4. The number of aromatic nitrogens is 3. The molecule has 0 aliphatic heterocycles. The van der Waals surface area contributed by atoms with Crippen molar-refractivity contribution in [3.63, 3.8) is 0 Å². The Bertz CT molecular complexity index is 1410. The average molecular weight is 516 g/mol. The van der Waals surface area contributed by atoms with Gasteiger partial charge in [0.25, 0.3) is 0 Å². The third-order valence-electron chi connectivity index (χ3n) is 6.59. The van der Waals surface area contributed by atoms with Crippen LogP contribution < -0.4 is 19.7 Å². The summed E-state index contributed by atoms with van der Waals surface area (Å²) in [6.07, 6.45) is 0.713. The zero-order valence-corrected chi connectivity index (χ0v) is 22.3. The topological polar surface area (TPSA) is 98.6 Å². The van der Waals surface area contributed by atoms with Crippen LogP contribution in [0.3, 0.4) is 0 Å². The van der Waals surface area contributed by atoms with Gasteiger partial charge < -0.3 is 14.8 Å². The Balaban J connectivity index is 1.83. The molecule has 1 heterocycles. The quantitative estimate of drug-likeness (QED) is 0.333. The van der Waals surface area contributed by atoms with Crippen LogP contribution in [0.4, 0.5) is 5.69 Å². The van der Waals surface area contributed by atoms with Crippen LogP contribution in [0.15, 0.2) is 72.8 Å². The lowest BCUT2D eigenvalue weighted by Crippen LogP contribution is -2.51. The van der Waals surface area contributed by atoms with Crippen molar-refractivity contribution < 1.29 is 19.1 Å². The second-order valence-electron chi connectivity index (χ2n) is 9.60. The fourth-order valence-corrected chi connectivity index (χ4v) is 4.14. The number of benzene rings is 3. The van der Waals surface area contributed by atoms with Gasteiger partial charge in [0.05, 0.1) is 19.7 Å². The molecule has 0 aliphatic carbocycles. The molecule has 0 fully saturated rings. The van der Waals surface area contributed by atoms with E-state index >= 15 is 0 Å². The lowest BCUT2D eigenvalue weighted by Gasteiger charge is -2.34. The number of anilines is 1. The first-order chi connectivity index (χ1) is 18.3. The van der Waals surface area contributed by atoms with Crippen molar-refractivity contribution in [2.75, 3.05) is 19.1 Å². The number of nitrogens with one attached hydrogen (secondary N) is 1. The second-order valence-corrected chi connectivity index (χ2v) is 9.60. The molecule has 9 heteroatoms.